The number of halogens is 1. The Bertz CT molecular complexity index is 502. The zero-order chi connectivity index (χ0) is 16.7. The third-order valence-corrected chi connectivity index (χ3v) is 4.27. The maximum absolute atomic E-state index is 12.3. The molecule has 1 aromatic rings. The summed E-state index contributed by atoms with van der Waals surface area (Å²) in [6.45, 7) is 8.02. The van der Waals surface area contributed by atoms with Crippen molar-refractivity contribution < 1.29 is 9.59 Å². The van der Waals surface area contributed by atoms with Crippen LogP contribution in [0, 0.1) is 0 Å². The smallest absolute Gasteiger partial charge is 0.242 e. The van der Waals surface area contributed by atoms with E-state index in [9.17, 15) is 9.59 Å². The summed E-state index contributed by atoms with van der Waals surface area (Å²) in [7, 11) is 0. The van der Waals surface area contributed by atoms with Crippen molar-refractivity contribution in [2.45, 2.75) is 59.2 Å². The Balaban J connectivity index is 2.85. The van der Waals surface area contributed by atoms with Gasteiger partial charge in [0.1, 0.15) is 6.04 Å². The van der Waals surface area contributed by atoms with Crippen molar-refractivity contribution >= 4 is 27.7 Å². The normalized spacial score (nSPS) is 13.3. The first-order valence-electron chi connectivity index (χ1n) is 7.73. The molecule has 22 heavy (non-hydrogen) atoms. The second-order valence-electron chi connectivity index (χ2n) is 5.50. The van der Waals surface area contributed by atoms with E-state index in [1.165, 1.54) is 0 Å². The highest BCUT2D eigenvalue weighted by Crippen LogP contribution is 2.15. The van der Waals surface area contributed by atoms with Crippen LogP contribution in [0.3, 0.4) is 0 Å². The largest absolute Gasteiger partial charge is 0.352 e. The predicted octanol–water partition coefficient (Wildman–Crippen LogP) is 3.49. The maximum Gasteiger partial charge on any atom is 0.242 e. The van der Waals surface area contributed by atoms with Gasteiger partial charge < -0.3 is 10.2 Å². The number of nitrogens with one attached hydrogen (secondary N) is 1. The monoisotopic (exact) mass is 368 g/mol. The zero-order valence-corrected chi connectivity index (χ0v) is 15.3. The first-order valence-corrected chi connectivity index (χ1v) is 8.52. The summed E-state index contributed by atoms with van der Waals surface area (Å²) in [6.07, 6.45) is 1.25. The first-order chi connectivity index (χ1) is 10.4. The highest BCUT2D eigenvalue weighted by atomic mass is 79.9. The van der Waals surface area contributed by atoms with Crippen molar-refractivity contribution in [3.05, 3.63) is 34.3 Å². The summed E-state index contributed by atoms with van der Waals surface area (Å²) < 4.78 is 0.993. The van der Waals surface area contributed by atoms with Crippen LogP contribution >= 0.6 is 15.9 Å². The van der Waals surface area contributed by atoms with Gasteiger partial charge in [0.15, 0.2) is 0 Å². The molecule has 1 N–H and O–H groups in total. The lowest BCUT2D eigenvalue weighted by atomic mass is 10.1. The Morgan fingerprint density at radius 2 is 1.77 bits per heavy atom. The van der Waals surface area contributed by atoms with Crippen molar-refractivity contribution in [3.8, 4) is 0 Å². The van der Waals surface area contributed by atoms with E-state index in [1.807, 2.05) is 45.0 Å². The van der Waals surface area contributed by atoms with Crippen LogP contribution in [0.4, 0.5) is 0 Å². The van der Waals surface area contributed by atoms with Crippen LogP contribution in [0.1, 0.15) is 46.1 Å². The standard InChI is InChI=1S/C17H25BrN2O2/c1-5-12(3)19-17(22)13(4)20(16(21)6-2)11-14-7-9-15(18)10-8-14/h7-10,12-13H,5-6,11H2,1-4H3,(H,19,22)/t12-,13-/m1/s1. The number of nitrogens with zero attached hydrogens (tertiary/aromatic N) is 1. The molecule has 122 valence electrons. The third kappa shape index (κ3) is 5.44. The topological polar surface area (TPSA) is 49.4 Å². The number of benzene rings is 1. The molecular formula is C17H25BrN2O2. The van der Waals surface area contributed by atoms with Gasteiger partial charge in [-0.25, -0.2) is 0 Å². The Morgan fingerprint density at radius 3 is 2.27 bits per heavy atom. The van der Waals surface area contributed by atoms with E-state index in [0.717, 1.165) is 16.5 Å². The van der Waals surface area contributed by atoms with Crippen LogP contribution in [-0.4, -0.2) is 28.8 Å². The van der Waals surface area contributed by atoms with Gasteiger partial charge in [-0.1, -0.05) is 41.9 Å². The molecule has 2 atom stereocenters. The van der Waals surface area contributed by atoms with Gasteiger partial charge in [-0.2, -0.15) is 0 Å². The molecule has 0 fully saturated rings. The van der Waals surface area contributed by atoms with Crippen LogP contribution in [0.25, 0.3) is 0 Å². The minimum Gasteiger partial charge on any atom is -0.352 e. The Morgan fingerprint density at radius 1 is 1.18 bits per heavy atom. The van der Waals surface area contributed by atoms with Crippen LogP contribution < -0.4 is 5.32 Å². The Kier molecular flexibility index (Phi) is 7.59. The lowest BCUT2D eigenvalue weighted by Gasteiger charge is -2.29. The molecule has 0 radical (unpaired) electrons. The molecule has 1 aromatic carbocycles. The lowest BCUT2D eigenvalue weighted by Crippen LogP contribution is -2.49. The minimum atomic E-state index is -0.481. The second kappa shape index (κ2) is 8.93. The van der Waals surface area contributed by atoms with Gasteiger partial charge in [0, 0.05) is 23.5 Å². The average Bonchev–Trinajstić information content (AvgIpc) is 2.52. The van der Waals surface area contributed by atoms with E-state index in [1.54, 1.807) is 11.8 Å². The number of amides is 2. The van der Waals surface area contributed by atoms with E-state index in [4.69, 9.17) is 0 Å². The average molecular weight is 369 g/mol. The zero-order valence-electron chi connectivity index (χ0n) is 13.7. The van der Waals surface area contributed by atoms with E-state index >= 15 is 0 Å². The molecule has 0 bridgehead atoms. The van der Waals surface area contributed by atoms with Gasteiger partial charge in [-0.3, -0.25) is 9.59 Å². The Labute approximate surface area is 141 Å². The van der Waals surface area contributed by atoms with Crippen molar-refractivity contribution in [2.75, 3.05) is 0 Å². The third-order valence-electron chi connectivity index (χ3n) is 3.74. The predicted molar refractivity (Wildman–Crippen MR) is 92.3 cm³/mol. The van der Waals surface area contributed by atoms with E-state index in [0.29, 0.717) is 13.0 Å². The fraction of sp³-hybridized carbons (Fsp3) is 0.529. The molecule has 4 nitrogen and oxygen atoms in total. The number of carbonyl (C=O) groups excluding carboxylic acids is 2. The molecule has 0 aliphatic carbocycles. The highest BCUT2D eigenvalue weighted by molar-refractivity contribution is 9.10. The number of hydrogen-bond donors (Lipinski definition) is 1. The van der Waals surface area contributed by atoms with Gasteiger partial charge in [0.2, 0.25) is 11.8 Å². The van der Waals surface area contributed by atoms with E-state index < -0.39 is 6.04 Å². The van der Waals surface area contributed by atoms with Crippen LogP contribution in [0.2, 0.25) is 0 Å². The van der Waals surface area contributed by atoms with Gasteiger partial charge >= 0.3 is 0 Å². The fourth-order valence-corrected chi connectivity index (χ4v) is 2.30. The van der Waals surface area contributed by atoms with Crippen molar-refractivity contribution in [2.24, 2.45) is 0 Å². The van der Waals surface area contributed by atoms with E-state index in [-0.39, 0.29) is 17.9 Å². The highest BCUT2D eigenvalue weighted by Gasteiger charge is 2.25. The number of rotatable bonds is 7. The summed E-state index contributed by atoms with van der Waals surface area (Å²) in [5, 5.41) is 2.94. The summed E-state index contributed by atoms with van der Waals surface area (Å²) >= 11 is 3.40. The second-order valence-corrected chi connectivity index (χ2v) is 6.41. The SMILES string of the molecule is CCC(=O)N(Cc1ccc(Br)cc1)[C@H](C)C(=O)N[C@H](C)CC. The molecule has 1 rings (SSSR count). The summed E-state index contributed by atoms with van der Waals surface area (Å²) in [5.74, 6) is -0.122. The van der Waals surface area contributed by atoms with Gasteiger partial charge in [0.05, 0.1) is 0 Å². The summed E-state index contributed by atoms with van der Waals surface area (Å²) in [5.41, 5.74) is 1.01. The van der Waals surface area contributed by atoms with Crippen molar-refractivity contribution in [1.82, 2.24) is 10.2 Å². The molecule has 0 spiro atoms. The molecule has 0 saturated carbocycles. The first kappa shape index (κ1) is 18.7. The maximum atomic E-state index is 12.3. The number of carbonyl (C=O) groups is 2. The molecule has 0 heterocycles. The fourth-order valence-electron chi connectivity index (χ4n) is 2.04. The van der Waals surface area contributed by atoms with Crippen LogP contribution in [0.5, 0.6) is 0 Å². The lowest BCUT2D eigenvalue weighted by molar-refractivity contribution is -0.140. The van der Waals surface area contributed by atoms with Crippen LogP contribution in [-0.2, 0) is 16.1 Å². The quantitative estimate of drug-likeness (QED) is 0.800. The minimum absolute atomic E-state index is 0.0188. The van der Waals surface area contributed by atoms with Gasteiger partial charge in [-0.15, -0.1) is 0 Å². The molecule has 2 amide bonds. The Hall–Kier alpha value is -1.36. The molecule has 0 aliphatic heterocycles. The molecule has 5 heteroatoms. The van der Waals surface area contributed by atoms with Gasteiger partial charge in [0.25, 0.3) is 0 Å². The number of hydrogen-bond acceptors (Lipinski definition) is 2. The molecule has 0 aliphatic rings. The molecule has 0 saturated heterocycles. The molecular weight excluding hydrogens is 344 g/mol. The summed E-state index contributed by atoms with van der Waals surface area (Å²) in [4.78, 5) is 26.2. The molecule has 0 aromatic heterocycles. The van der Waals surface area contributed by atoms with Crippen molar-refractivity contribution in [3.63, 3.8) is 0 Å². The molecule has 0 unspecified atom stereocenters. The van der Waals surface area contributed by atoms with E-state index in [2.05, 4.69) is 21.2 Å². The van der Waals surface area contributed by atoms with Crippen molar-refractivity contribution in [1.29, 1.82) is 0 Å². The summed E-state index contributed by atoms with van der Waals surface area (Å²) in [6, 6.07) is 7.42. The van der Waals surface area contributed by atoms with Crippen LogP contribution in [0.15, 0.2) is 28.7 Å². The van der Waals surface area contributed by atoms with Gasteiger partial charge in [-0.05, 0) is 38.0 Å².